The Morgan fingerprint density at radius 2 is 1.47 bits per heavy atom. The molecule has 2 fully saturated rings. The fourth-order valence-corrected chi connectivity index (χ4v) is 4.72. The van der Waals surface area contributed by atoms with E-state index in [0.717, 1.165) is 19.3 Å². The number of carbonyl (C=O) groups is 4. The van der Waals surface area contributed by atoms with Crippen LogP contribution in [0.25, 0.3) is 0 Å². The summed E-state index contributed by atoms with van der Waals surface area (Å²) in [7, 11) is 0. The van der Waals surface area contributed by atoms with Crippen LogP contribution in [0.5, 0.6) is 0 Å². The van der Waals surface area contributed by atoms with Crippen LogP contribution in [0.4, 0.5) is 0 Å². The molecule has 34 heavy (non-hydrogen) atoms. The van der Waals surface area contributed by atoms with Crippen molar-refractivity contribution in [3.8, 4) is 0 Å². The van der Waals surface area contributed by atoms with Gasteiger partial charge in [-0.1, -0.05) is 12.1 Å². The lowest BCUT2D eigenvalue weighted by molar-refractivity contribution is -0.139. The van der Waals surface area contributed by atoms with Crippen molar-refractivity contribution in [2.45, 2.75) is 65.5 Å². The van der Waals surface area contributed by atoms with Crippen molar-refractivity contribution in [1.82, 2.24) is 15.1 Å². The van der Waals surface area contributed by atoms with Crippen molar-refractivity contribution in [1.29, 1.82) is 0 Å². The van der Waals surface area contributed by atoms with Crippen molar-refractivity contribution in [3.63, 3.8) is 0 Å². The van der Waals surface area contributed by atoms with Crippen LogP contribution in [-0.2, 0) is 14.3 Å². The number of nitrogens with zero attached hydrogens (tertiary/aromatic N) is 2. The third kappa shape index (κ3) is 6.44. The van der Waals surface area contributed by atoms with Crippen LogP contribution in [0.1, 0.15) is 74.6 Å². The Kier molecular flexibility index (Phi) is 7.81. The van der Waals surface area contributed by atoms with E-state index in [1.807, 2.05) is 30.6 Å². The molecule has 8 nitrogen and oxygen atoms in total. The van der Waals surface area contributed by atoms with E-state index in [2.05, 4.69) is 5.32 Å². The average molecular weight is 472 g/mol. The number of piperidine rings is 1. The summed E-state index contributed by atoms with van der Waals surface area (Å²) >= 11 is 0. The van der Waals surface area contributed by atoms with Gasteiger partial charge >= 0.3 is 0 Å². The second-order valence-electron chi connectivity index (χ2n) is 10.6. The molecule has 2 saturated heterocycles. The van der Waals surface area contributed by atoms with Crippen LogP contribution < -0.4 is 5.32 Å². The number of ether oxygens (including phenoxy) is 1. The summed E-state index contributed by atoms with van der Waals surface area (Å²) in [6.45, 7) is 11.3. The third-order valence-electron chi connectivity index (χ3n) is 6.76. The van der Waals surface area contributed by atoms with Crippen molar-refractivity contribution in [3.05, 3.63) is 35.4 Å². The van der Waals surface area contributed by atoms with Crippen molar-refractivity contribution >= 4 is 23.5 Å². The Labute approximate surface area is 202 Å². The molecule has 186 valence electrons. The van der Waals surface area contributed by atoms with E-state index < -0.39 is 11.6 Å². The number of benzene rings is 1. The summed E-state index contributed by atoms with van der Waals surface area (Å²) in [5, 5.41) is 2.74. The highest BCUT2D eigenvalue weighted by Gasteiger charge is 2.44. The molecule has 0 saturated carbocycles. The van der Waals surface area contributed by atoms with Gasteiger partial charge in [0, 0.05) is 44.2 Å². The minimum atomic E-state index is -0.702. The highest BCUT2D eigenvalue weighted by Crippen LogP contribution is 2.40. The molecule has 3 amide bonds. The summed E-state index contributed by atoms with van der Waals surface area (Å²) in [6.07, 6.45) is 2.55. The Balaban J connectivity index is 1.58. The summed E-state index contributed by atoms with van der Waals surface area (Å²) in [4.78, 5) is 53.0. The Morgan fingerprint density at radius 3 is 1.97 bits per heavy atom. The van der Waals surface area contributed by atoms with E-state index in [0.29, 0.717) is 37.3 Å². The SMILES string of the molecule is CC(=O)NC(COC(C)(C)C)C(=O)N1CCC2(CCN(C(=O)c3ccc(C(C)=O)cc3)CC2)C1. The molecule has 1 aromatic carbocycles. The van der Waals surface area contributed by atoms with E-state index in [9.17, 15) is 19.2 Å². The molecule has 0 radical (unpaired) electrons. The zero-order chi connectivity index (χ0) is 25.1. The second-order valence-corrected chi connectivity index (χ2v) is 10.6. The second kappa shape index (κ2) is 10.3. The molecule has 0 aromatic heterocycles. The van der Waals surface area contributed by atoms with Gasteiger partial charge in [0.1, 0.15) is 6.04 Å². The Hall–Kier alpha value is -2.74. The molecule has 0 aliphatic carbocycles. The first kappa shape index (κ1) is 25.9. The molecular weight excluding hydrogens is 434 g/mol. The van der Waals surface area contributed by atoms with Gasteiger partial charge in [0.15, 0.2) is 5.78 Å². The van der Waals surface area contributed by atoms with E-state index in [1.165, 1.54) is 13.8 Å². The van der Waals surface area contributed by atoms with Crippen LogP contribution in [-0.4, -0.2) is 77.7 Å². The monoisotopic (exact) mass is 471 g/mol. The predicted molar refractivity (Wildman–Crippen MR) is 129 cm³/mol. The van der Waals surface area contributed by atoms with Crippen LogP contribution in [0, 0.1) is 5.41 Å². The number of likely N-dealkylation sites (tertiary alicyclic amines) is 2. The summed E-state index contributed by atoms with van der Waals surface area (Å²) in [5.41, 5.74) is 0.766. The molecular formula is C26H37N3O5. The summed E-state index contributed by atoms with van der Waals surface area (Å²) in [6, 6.07) is 6.10. The summed E-state index contributed by atoms with van der Waals surface area (Å²) < 4.78 is 5.79. The maximum Gasteiger partial charge on any atom is 0.253 e. The first-order chi connectivity index (χ1) is 15.9. The topological polar surface area (TPSA) is 96.0 Å². The van der Waals surface area contributed by atoms with Crippen LogP contribution in [0.15, 0.2) is 24.3 Å². The quantitative estimate of drug-likeness (QED) is 0.644. The molecule has 2 heterocycles. The zero-order valence-corrected chi connectivity index (χ0v) is 21.0. The molecule has 2 aliphatic heterocycles. The molecule has 1 spiro atoms. The fraction of sp³-hybridized carbons (Fsp3) is 0.615. The van der Waals surface area contributed by atoms with Gasteiger partial charge in [-0.25, -0.2) is 0 Å². The maximum atomic E-state index is 13.2. The van der Waals surface area contributed by atoms with E-state index in [1.54, 1.807) is 24.3 Å². The van der Waals surface area contributed by atoms with E-state index >= 15 is 0 Å². The Bertz CT molecular complexity index is 927. The molecule has 1 aromatic rings. The molecule has 3 rings (SSSR count). The minimum absolute atomic E-state index is 0.00339. The van der Waals surface area contributed by atoms with Gasteiger partial charge in [0.05, 0.1) is 12.2 Å². The first-order valence-corrected chi connectivity index (χ1v) is 12.0. The van der Waals surface area contributed by atoms with E-state index in [-0.39, 0.29) is 35.5 Å². The molecule has 0 bridgehead atoms. The maximum absolute atomic E-state index is 13.2. The Morgan fingerprint density at radius 1 is 0.941 bits per heavy atom. The largest absolute Gasteiger partial charge is 0.373 e. The van der Waals surface area contributed by atoms with Crippen LogP contribution >= 0.6 is 0 Å². The number of nitrogens with one attached hydrogen (secondary N) is 1. The molecule has 1 unspecified atom stereocenters. The van der Waals surface area contributed by atoms with Gasteiger partial charge in [-0.05, 0) is 64.5 Å². The van der Waals surface area contributed by atoms with Gasteiger partial charge in [0.25, 0.3) is 5.91 Å². The number of hydrogen-bond acceptors (Lipinski definition) is 5. The molecule has 1 atom stereocenters. The lowest BCUT2D eigenvalue weighted by Gasteiger charge is -2.39. The number of carbonyl (C=O) groups excluding carboxylic acids is 4. The van der Waals surface area contributed by atoms with E-state index in [4.69, 9.17) is 4.74 Å². The molecule has 1 N–H and O–H groups in total. The number of amides is 3. The number of Topliss-reactive ketones (excluding diaryl/α,β-unsaturated/α-hetero) is 1. The zero-order valence-electron chi connectivity index (χ0n) is 21.0. The van der Waals surface area contributed by atoms with Crippen LogP contribution in [0.3, 0.4) is 0 Å². The normalized spacial score (nSPS) is 18.6. The van der Waals surface area contributed by atoms with Crippen molar-refractivity contribution < 1.29 is 23.9 Å². The standard InChI is InChI=1S/C26H37N3O5/c1-18(30)20-6-8-21(9-7-20)23(32)28-13-10-26(11-14-28)12-15-29(17-26)24(33)22(27-19(2)31)16-34-25(3,4)5/h6-9,22H,10-17H2,1-5H3,(H,27,31). The predicted octanol–water partition coefficient (Wildman–Crippen LogP) is 2.66. The van der Waals surface area contributed by atoms with Gasteiger partial charge in [0.2, 0.25) is 11.8 Å². The summed E-state index contributed by atoms with van der Waals surface area (Å²) in [5.74, 6) is -0.417. The van der Waals surface area contributed by atoms with Crippen molar-refractivity contribution in [2.75, 3.05) is 32.8 Å². The number of rotatable bonds is 6. The fourth-order valence-electron chi connectivity index (χ4n) is 4.72. The lowest BCUT2D eigenvalue weighted by Crippen LogP contribution is -2.51. The number of ketones is 1. The highest BCUT2D eigenvalue weighted by molar-refractivity contribution is 5.97. The third-order valence-corrected chi connectivity index (χ3v) is 6.76. The minimum Gasteiger partial charge on any atom is -0.373 e. The average Bonchev–Trinajstić information content (AvgIpc) is 3.19. The number of hydrogen-bond donors (Lipinski definition) is 1. The van der Waals surface area contributed by atoms with Crippen LogP contribution in [0.2, 0.25) is 0 Å². The van der Waals surface area contributed by atoms with Gasteiger partial charge in [-0.2, -0.15) is 0 Å². The lowest BCUT2D eigenvalue weighted by atomic mass is 9.77. The highest BCUT2D eigenvalue weighted by atomic mass is 16.5. The first-order valence-electron chi connectivity index (χ1n) is 12.0. The van der Waals surface area contributed by atoms with Gasteiger partial charge in [-0.3, -0.25) is 19.2 Å². The molecule has 8 heteroatoms. The van der Waals surface area contributed by atoms with Crippen molar-refractivity contribution in [2.24, 2.45) is 5.41 Å². The van der Waals surface area contributed by atoms with Gasteiger partial charge < -0.3 is 19.9 Å². The van der Waals surface area contributed by atoms with Gasteiger partial charge in [-0.15, -0.1) is 0 Å². The smallest absolute Gasteiger partial charge is 0.253 e. The molecule has 2 aliphatic rings.